The van der Waals surface area contributed by atoms with Gasteiger partial charge >= 0.3 is 5.97 Å². The molecule has 3 rings (SSSR count). The summed E-state index contributed by atoms with van der Waals surface area (Å²) in [5.74, 6) is -0.598. The van der Waals surface area contributed by atoms with E-state index in [4.69, 9.17) is 9.47 Å². The Morgan fingerprint density at radius 1 is 1.10 bits per heavy atom. The molecule has 0 radical (unpaired) electrons. The molecule has 1 heterocycles. The largest absolute Gasteiger partial charge is 0.477 e. The molecular weight excluding hydrogens is 256 g/mol. The molecule has 4 heteroatoms. The fourth-order valence-corrected chi connectivity index (χ4v) is 2.46. The zero-order chi connectivity index (χ0) is 14.2. The lowest BCUT2D eigenvalue weighted by atomic mass is 9.86. The molecular formula is C16H14O4. The SMILES string of the molecule is C[C@@]1(c2ccccc2)O[C@@H](C(=O)O)Oc2ccccc21. The number of carboxylic acids is 1. The van der Waals surface area contributed by atoms with Crippen molar-refractivity contribution in [1.82, 2.24) is 0 Å². The summed E-state index contributed by atoms with van der Waals surface area (Å²) in [6, 6.07) is 16.9. The van der Waals surface area contributed by atoms with Crippen molar-refractivity contribution in [2.75, 3.05) is 0 Å². The van der Waals surface area contributed by atoms with Crippen LogP contribution in [-0.4, -0.2) is 17.4 Å². The third-order valence-electron chi connectivity index (χ3n) is 3.50. The highest BCUT2D eigenvalue weighted by atomic mass is 16.7. The molecule has 0 bridgehead atoms. The Hall–Kier alpha value is -2.33. The van der Waals surface area contributed by atoms with Crippen LogP contribution in [0.5, 0.6) is 5.75 Å². The average Bonchev–Trinajstić information content (AvgIpc) is 2.48. The average molecular weight is 270 g/mol. The summed E-state index contributed by atoms with van der Waals surface area (Å²) in [6.07, 6.45) is -1.31. The van der Waals surface area contributed by atoms with E-state index in [2.05, 4.69) is 0 Å². The number of benzene rings is 2. The van der Waals surface area contributed by atoms with Gasteiger partial charge in [-0.05, 0) is 18.6 Å². The minimum atomic E-state index is -1.31. The standard InChI is InChI=1S/C16H14O4/c1-16(11-7-3-2-4-8-11)12-9-5-6-10-13(12)19-15(20-16)14(17)18/h2-10,15H,1H3,(H,17,18)/t15-,16-/m0/s1. The maximum atomic E-state index is 11.2. The topological polar surface area (TPSA) is 55.8 Å². The van der Waals surface area contributed by atoms with Gasteiger partial charge in [-0.1, -0.05) is 48.5 Å². The van der Waals surface area contributed by atoms with Crippen molar-refractivity contribution in [3.63, 3.8) is 0 Å². The first-order valence-electron chi connectivity index (χ1n) is 6.33. The van der Waals surface area contributed by atoms with E-state index in [1.54, 1.807) is 6.07 Å². The molecule has 1 aliphatic heterocycles. The number of hydrogen-bond donors (Lipinski definition) is 1. The van der Waals surface area contributed by atoms with E-state index >= 15 is 0 Å². The molecule has 0 amide bonds. The van der Waals surface area contributed by atoms with E-state index in [-0.39, 0.29) is 0 Å². The molecule has 0 fully saturated rings. The molecule has 2 aromatic rings. The molecule has 102 valence electrons. The Labute approximate surface area is 116 Å². The van der Waals surface area contributed by atoms with Crippen LogP contribution in [0.2, 0.25) is 0 Å². The first-order valence-corrected chi connectivity index (χ1v) is 6.33. The Kier molecular flexibility index (Phi) is 2.95. The maximum Gasteiger partial charge on any atom is 0.373 e. The van der Waals surface area contributed by atoms with Gasteiger partial charge in [-0.15, -0.1) is 0 Å². The van der Waals surface area contributed by atoms with Gasteiger partial charge in [0.1, 0.15) is 11.4 Å². The van der Waals surface area contributed by atoms with Gasteiger partial charge in [-0.25, -0.2) is 4.79 Å². The van der Waals surface area contributed by atoms with Crippen LogP contribution in [-0.2, 0) is 15.1 Å². The fraction of sp³-hybridized carbons (Fsp3) is 0.188. The lowest BCUT2D eigenvalue weighted by Gasteiger charge is -2.39. The normalized spacial score (nSPS) is 24.6. The molecule has 2 atom stereocenters. The molecule has 0 saturated carbocycles. The van der Waals surface area contributed by atoms with Crippen LogP contribution in [0.15, 0.2) is 54.6 Å². The van der Waals surface area contributed by atoms with E-state index in [0.717, 1.165) is 11.1 Å². The van der Waals surface area contributed by atoms with Crippen molar-refractivity contribution in [3.05, 3.63) is 65.7 Å². The van der Waals surface area contributed by atoms with Crippen molar-refractivity contribution in [1.29, 1.82) is 0 Å². The second kappa shape index (κ2) is 4.65. The molecule has 2 aromatic carbocycles. The van der Waals surface area contributed by atoms with Crippen molar-refractivity contribution in [2.45, 2.75) is 18.8 Å². The minimum absolute atomic E-state index is 0.539. The van der Waals surface area contributed by atoms with E-state index in [1.807, 2.05) is 55.5 Å². The predicted octanol–water partition coefficient (Wildman–Crippen LogP) is 2.77. The zero-order valence-electron chi connectivity index (χ0n) is 10.9. The van der Waals surface area contributed by atoms with Gasteiger partial charge in [0, 0.05) is 5.56 Å². The van der Waals surface area contributed by atoms with Crippen LogP contribution in [0.4, 0.5) is 0 Å². The number of rotatable bonds is 2. The highest BCUT2D eigenvalue weighted by molar-refractivity contribution is 5.72. The monoisotopic (exact) mass is 270 g/mol. The molecule has 4 nitrogen and oxygen atoms in total. The molecule has 1 N–H and O–H groups in total. The molecule has 0 aliphatic carbocycles. The first-order chi connectivity index (χ1) is 9.61. The highest BCUT2D eigenvalue weighted by Crippen LogP contribution is 2.43. The number of hydrogen-bond acceptors (Lipinski definition) is 3. The van der Waals surface area contributed by atoms with Gasteiger partial charge < -0.3 is 14.6 Å². The number of para-hydroxylation sites is 1. The Morgan fingerprint density at radius 2 is 1.75 bits per heavy atom. The number of carboxylic acid groups (broad SMARTS) is 1. The van der Waals surface area contributed by atoms with Gasteiger partial charge in [-0.2, -0.15) is 0 Å². The number of ether oxygens (including phenoxy) is 2. The first kappa shape index (κ1) is 12.7. The third kappa shape index (κ3) is 1.94. The van der Waals surface area contributed by atoms with Gasteiger partial charge in [0.15, 0.2) is 0 Å². The summed E-state index contributed by atoms with van der Waals surface area (Å²) in [6.45, 7) is 1.86. The molecule has 0 unspecified atom stereocenters. The Bertz CT molecular complexity index is 638. The quantitative estimate of drug-likeness (QED) is 0.911. The van der Waals surface area contributed by atoms with Crippen LogP contribution in [0, 0.1) is 0 Å². The van der Waals surface area contributed by atoms with Crippen LogP contribution >= 0.6 is 0 Å². The highest BCUT2D eigenvalue weighted by Gasteiger charge is 2.42. The maximum absolute atomic E-state index is 11.2. The summed E-state index contributed by atoms with van der Waals surface area (Å²) in [5, 5.41) is 9.19. The second-order valence-electron chi connectivity index (χ2n) is 4.80. The van der Waals surface area contributed by atoms with Gasteiger partial charge in [0.25, 0.3) is 6.29 Å². The number of fused-ring (bicyclic) bond motifs is 1. The van der Waals surface area contributed by atoms with Crippen LogP contribution < -0.4 is 4.74 Å². The Balaban J connectivity index is 2.16. The van der Waals surface area contributed by atoms with Crippen molar-refractivity contribution >= 4 is 5.97 Å². The minimum Gasteiger partial charge on any atom is -0.477 e. The molecule has 1 aliphatic rings. The van der Waals surface area contributed by atoms with Gasteiger partial charge in [0.2, 0.25) is 0 Å². The second-order valence-corrected chi connectivity index (χ2v) is 4.80. The van der Waals surface area contributed by atoms with Crippen LogP contribution in [0.25, 0.3) is 0 Å². The summed E-state index contributed by atoms with van der Waals surface area (Å²) in [5.41, 5.74) is 0.866. The van der Waals surface area contributed by atoms with Crippen molar-refractivity contribution in [2.24, 2.45) is 0 Å². The van der Waals surface area contributed by atoms with E-state index in [9.17, 15) is 9.90 Å². The van der Waals surface area contributed by atoms with Gasteiger partial charge in [-0.3, -0.25) is 0 Å². The molecule has 20 heavy (non-hydrogen) atoms. The Morgan fingerprint density at radius 3 is 2.45 bits per heavy atom. The fourth-order valence-electron chi connectivity index (χ4n) is 2.46. The lowest BCUT2D eigenvalue weighted by Crippen LogP contribution is -2.44. The van der Waals surface area contributed by atoms with Gasteiger partial charge in [0.05, 0.1) is 0 Å². The molecule has 0 aromatic heterocycles. The summed E-state index contributed by atoms with van der Waals surface area (Å²) < 4.78 is 11.1. The molecule has 0 saturated heterocycles. The molecule has 0 spiro atoms. The smallest absolute Gasteiger partial charge is 0.373 e. The number of aliphatic carboxylic acids is 1. The van der Waals surface area contributed by atoms with E-state index in [1.165, 1.54) is 0 Å². The number of carbonyl (C=O) groups is 1. The summed E-state index contributed by atoms with van der Waals surface area (Å²) >= 11 is 0. The van der Waals surface area contributed by atoms with Crippen molar-refractivity contribution < 1.29 is 19.4 Å². The van der Waals surface area contributed by atoms with E-state index in [0.29, 0.717) is 5.75 Å². The van der Waals surface area contributed by atoms with E-state index < -0.39 is 17.9 Å². The van der Waals surface area contributed by atoms with Crippen molar-refractivity contribution in [3.8, 4) is 5.75 Å². The summed E-state index contributed by atoms with van der Waals surface area (Å²) in [4.78, 5) is 11.2. The predicted molar refractivity (Wildman–Crippen MR) is 72.5 cm³/mol. The zero-order valence-corrected chi connectivity index (χ0v) is 10.9. The third-order valence-corrected chi connectivity index (χ3v) is 3.50. The lowest BCUT2D eigenvalue weighted by molar-refractivity contribution is -0.201. The summed E-state index contributed by atoms with van der Waals surface area (Å²) in [7, 11) is 0. The van der Waals surface area contributed by atoms with Crippen LogP contribution in [0.1, 0.15) is 18.1 Å². The van der Waals surface area contributed by atoms with Crippen LogP contribution in [0.3, 0.4) is 0 Å².